The first kappa shape index (κ1) is 15.1. The molecular formula is C18H21NO2. The Balaban J connectivity index is 2.04. The molecule has 110 valence electrons. The maximum Gasteiger partial charge on any atom is 0.265 e. The lowest BCUT2D eigenvalue weighted by atomic mass is 10.1. The first-order valence-electron chi connectivity index (χ1n) is 7.08. The van der Waals surface area contributed by atoms with Crippen molar-refractivity contribution in [3.8, 4) is 5.75 Å². The molecule has 0 fully saturated rings. The van der Waals surface area contributed by atoms with Gasteiger partial charge in [-0.15, -0.1) is 0 Å². The third-order valence-electron chi connectivity index (χ3n) is 3.41. The van der Waals surface area contributed by atoms with Crippen LogP contribution in [0.5, 0.6) is 5.75 Å². The number of carbonyl (C=O) groups excluding carboxylic acids is 1. The first-order chi connectivity index (χ1) is 9.97. The number of hydrogen-bond donors (Lipinski definition) is 1. The molecule has 0 radical (unpaired) electrons. The Kier molecular flexibility index (Phi) is 4.63. The quantitative estimate of drug-likeness (QED) is 0.920. The molecule has 0 aliphatic heterocycles. The molecule has 0 spiro atoms. The number of carbonyl (C=O) groups is 1. The molecule has 0 saturated heterocycles. The minimum absolute atomic E-state index is 0.149. The maximum absolute atomic E-state index is 12.2. The summed E-state index contributed by atoms with van der Waals surface area (Å²) in [5.74, 6) is 0.595. The molecule has 0 heterocycles. The van der Waals surface area contributed by atoms with Crippen molar-refractivity contribution in [2.24, 2.45) is 0 Å². The molecule has 0 aliphatic carbocycles. The number of benzene rings is 2. The second-order valence-electron chi connectivity index (χ2n) is 5.33. The van der Waals surface area contributed by atoms with Crippen LogP contribution >= 0.6 is 0 Å². The van der Waals surface area contributed by atoms with Gasteiger partial charge in [0.1, 0.15) is 5.75 Å². The maximum atomic E-state index is 12.2. The highest BCUT2D eigenvalue weighted by Gasteiger charge is 2.16. The standard InChI is InChI=1S/C18H21NO2/c1-12-9-10-17(14(3)11-12)21-15(4)18(20)19-16-8-6-5-7-13(16)2/h5-11,15H,1-4H3,(H,19,20)/t15-/m1/s1. The van der Waals surface area contributed by atoms with Gasteiger partial charge in [0, 0.05) is 5.69 Å². The van der Waals surface area contributed by atoms with Crippen LogP contribution in [0.4, 0.5) is 5.69 Å². The van der Waals surface area contributed by atoms with Crippen LogP contribution in [0.15, 0.2) is 42.5 Å². The van der Waals surface area contributed by atoms with E-state index in [-0.39, 0.29) is 5.91 Å². The molecule has 0 aliphatic rings. The summed E-state index contributed by atoms with van der Waals surface area (Å²) in [6, 6.07) is 13.6. The van der Waals surface area contributed by atoms with Gasteiger partial charge in [-0.25, -0.2) is 0 Å². The first-order valence-corrected chi connectivity index (χ1v) is 7.08. The van der Waals surface area contributed by atoms with E-state index in [0.29, 0.717) is 0 Å². The molecule has 1 N–H and O–H groups in total. The van der Waals surface area contributed by atoms with E-state index in [1.54, 1.807) is 6.92 Å². The van der Waals surface area contributed by atoms with Crippen molar-refractivity contribution >= 4 is 11.6 Å². The number of aryl methyl sites for hydroxylation is 3. The molecule has 0 aromatic heterocycles. The highest BCUT2D eigenvalue weighted by molar-refractivity contribution is 5.94. The third-order valence-corrected chi connectivity index (χ3v) is 3.41. The van der Waals surface area contributed by atoms with E-state index in [0.717, 1.165) is 22.6 Å². The van der Waals surface area contributed by atoms with E-state index in [1.807, 2.05) is 63.2 Å². The SMILES string of the molecule is Cc1ccc(O[C@H](C)C(=O)Nc2ccccc2C)c(C)c1. The van der Waals surface area contributed by atoms with E-state index in [1.165, 1.54) is 5.56 Å². The molecule has 2 rings (SSSR count). The number of rotatable bonds is 4. The Morgan fingerprint density at radius 2 is 1.76 bits per heavy atom. The number of hydrogen-bond acceptors (Lipinski definition) is 2. The highest BCUT2D eigenvalue weighted by atomic mass is 16.5. The lowest BCUT2D eigenvalue weighted by molar-refractivity contribution is -0.122. The van der Waals surface area contributed by atoms with Gasteiger partial charge in [0.05, 0.1) is 0 Å². The van der Waals surface area contributed by atoms with Gasteiger partial charge < -0.3 is 10.1 Å². The van der Waals surface area contributed by atoms with E-state index >= 15 is 0 Å². The predicted molar refractivity (Wildman–Crippen MR) is 85.8 cm³/mol. The van der Waals surface area contributed by atoms with Crippen molar-refractivity contribution < 1.29 is 9.53 Å². The number of para-hydroxylation sites is 1. The van der Waals surface area contributed by atoms with E-state index in [9.17, 15) is 4.79 Å². The van der Waals surface area contributed by atoms with Crippen LogP contribution in [0.3, 0.4) is 0 Å². The van der Waals surface area contributed by atoms with Crippen LogP contribution in [-0.2, 0) is 4.79 Å². The van der Waals surface area contributed by atoms with Crippen LogP contribution in [0.25, 0.3) is 0 Å². The van der Waals surface area contributed by atoms with Gasteiger partial charge in [-0.2, -0.15) is 0 Å². The van der Waals surface area contributed by atoms with Crippen LogP contribution in [0.2, 0.25) is 0 Å². The molecular weight excluding hydrogens is 262 g/mol. The second-order valence-corrected chi connectivity index (χ2v) is 5.33. The minimum atomic E-state index is -0.550. The molecule has 0 unspecified atom stereocenters. The number of ether oxygens (including phenoxy) is 1. The number of nitrogens with one attached hydrogen (secondary N) is 1. The van der Waals surface area contributed by atoms with Crippen LogP contribution in [-0.4, -0.2) is 12.0 Å². The summed E-state index contributed by atoms with van der Waals surface area (Å²) in [6.07, 6.45) is -0.550. The lowest BCUT2D eigenvalue weighted by Crippen LogP contribution is -2.30. The Morgan fingerprint density at radius 3 is 2.43 bits per heavy atom. The fourth-order valence-corrected chi connectivity index (χ4v) is 2.12. The zero-order valence-electron chi connectivity index (χ0n) is 12.9. The molecule has 3 heteroatoms. The summed E-state index contributed by atoms with van der Waals surface area (Å²) in [4.78, 5) is 12.2. The average molecular weight is 283 g/mol. The van der Waals surface area contributed by atoms with E-state index in [4.69, 9.17) is 4.74 Å². The zero-order chi connectivity index (χ0) is 15.4. The van der Waals surface area contributed by atoms with Crippen molar-refractivity contribution in [1.82, 2.24) is 0 Å². The van der Waals surface area contributed by atoms with Crippen molar-refractivity contribution in [3.63, 3.8) is 0 Å². The Morgan fingerprint density at radius 1 is 1.05 bits per heavy atom. The van der Waals surface area contributed by atoms with Crippen molar-refractivity contribution in [2.75, 3.05) is 5.32 Å². The fourth-order valence-electron chi connectivity index (χ4n) is 2.12. The third kappa shape index (κ3) is 3.85. The molecule has 1 amide bonds. The topological polar surface area (TPSA) is 38.3 Å². The largest absolute Gasteiger partial charge is 0.481 e. The molecule has 1 atom stereocenters. The van der Waals surface area contributed by atoms with Crippen molar-refractivity contribution in [3.05, 3.63) is 59.2 Å². The highest BCUT2D eigenvalue weighted by Crippen LogP contribution is 2.21. The lowest BCUT2D eigenvalue weighted by Gasteiger charge is -2.17. The van der Waals surface area contributed by atoms with Gasteiger partial charge in [-0.05, 0) is 51.0 Å². The predicted octanol–water partition coefficient (Wildman–Crippen LogP) is 4.02. The van der Waals surface area contributed by atoms with Crippen LogP contribution in [0, 0.1) is 20.8 Å². The Labute approximate surface area is 126 Å². The van der Waals surface area contributed by atoms with Crippen molar-refractivity contribution in [2.45, 2.75) is 33.8 Å². The molecule has 0 saturated carbocycles. The van der Waals surface area contributed by atoms with Gasteiger partial charge in [0.2, 0.25) is 0 Å². The van der Waals surface area contributed by atoms with Gasteiger partial charge >= 0.3 is 0 Å². The summed E-state index contributed by atoms with van der Waals surface area (Å²) in [5.41, 5.74) is 4.06. The van der Waals surface area contributed by atoms with Crippen LogP contribution < -0.4 is 10.1 Å². The van der Waals surface area contributed by atoms with Gasteiger partial charge in [-0.1, -0.05) is 35.9 Å². The summed E-state index contributed by atoms with van der Waals surface area (Å²) in [5, 5.41) is 2.90. The summed E-state index contributed by atoms with van der Waals surface area (Å²) in [6.45, 7) is 7.73. The van der Waals surface area contributed by atoms with E-state index < -0.39 is 6.10 Å². The molecule has 3 nitrogen and oxygen atoms in total. The Hall–Kier alpha value is -2.29. The smallest absolute Gasteiger partial charge is 0.265 e. The summed E-state index contributed by atoms with van der Waals surface area (Å²) >= 11 is 0. The Bertz CT molecular complexity index is 649. The molecule has 0 bridgehead atoms. The monoisotopic (exact) mass is 283 g/mol. The fraction of sp³-hybridized carbons (Fsp3) is 0.278. The average Bonchev–Trinajstić information content (AvgIpc) is 2.44. The second kappa shape index (κ2) is 6.44. The van der Waals surface area contributed by atoms with Gasteiger partial charge in [0.25, 0.3) is 5.91 Å². The van der Waals surface area contributed by atoms with Gasteiger partial charge in [-0.3, -0.25) is 4.79 Å². The van der Waals surface area contributed by atoms with Gasteiger partial charge in [0.15, 0.2) is 6.10 Å². The number of anilines is 1. The molecule has 21 heavy (non-hydrogen) atoms. The normalized spacial score (nSPS) is 11.8. The van der Waals surface area contributed by atoms with Crippen LogP contribution in [0.1, 0.15) is 23.6 Å². The summed E-state index contributed by atoms with van der Waals surface area (Å²) < 4.78 is 5.76. The zero-order valence-corrected chi connectivity index (χ0v) is 12.9. The minimum Gasteiger partial charge on any atom is -0.481 e. The van der Waals surface area contributed by atoms with E-state index in [2.05, 4.69) is 5.32 Å². The summed E-state index contributed by atoms with van der Waals surface area (Å²) in [7, 11) is 0. The molecule has 2 aromatic carbocycles. The number of amides is 1. The van der Waals surface area contributed by atoms with Crippen molar-refractivity contribution in [1.29, 1.82) is 0 Å². The molecule has 2 aromatic rings.